The molecule has 1 aliphatic rings. The van der Waals surface area contributed by atoms with Gasteiger partial charge in [-0.05, 0) is 24.3 Å². The third-order valence-corrected chi connectivity index (χ3v) is 4.19. The van der Waals surface area contributed by atoms with Crippen molar-refractivity contribution in [3.05, 3.63) is 54.2 Å². The van der Waals surface area contributed by atoms with Crippen LogP contribution in [-0.4, -0.2) is 48.5 Å². The van der Waals surface area contributed by atoms with Crippen LogP contribution in [0.4, 0.5) is 20.3 Å². The zero-order valence-corrected chi connectivity index (χ0v) is 13.8. The minimum absolute atomic E-state index is 0.0238. The third-order valence-electron chi connectivity index (χ3n) is 4.19. The number of benzene rings is 1. The SMILES string of the molecule is O=C(CCNc1ccc(F)cc1F)N1CCN(c2ccccn2)CC1. The van der Waals surface area contributed by atoms with Crippen molar-refractivity contribution in [1.82, 2.24) is 9.88 Å². The van der Waals surface area contributed by atoms with Crippen LogP contribution < -0.4 is 10.2 Å². The molecule has 25 heavy (non-hydrogen) atoms. The average molecular weight is 346 g/mol. The lowest BCUT2D eigenvalue weighted by molar-refractivity contribution is -0.131. The van der Waals surface area contributed by atoms with Gasteiger partial charge in [0.2, 0.25) is 5.91 Å². The fraction of sp³-hybridized carbons (Fsp3) is 0.333. The van der Waals surface area contributed by atoms with Gasteiger partial charge >= 0.3 is 0 Å². The Bertz CT molecular complexity index is 718. The topological polar surface area (TPSA) is 48.5 Å². The first-order chi connectivity index (χ1) is 12.1. The molecule has 0 unspecified atom stereocenters. The molecule has 0 bridgehead atoms. The normalized spacial score (nSPS) is 14.5. The molecule has 132 valence electrons. The molecule has 2 heterocycles. The zero-order chi connectivity index (χ0) is 17.6. The lowest BCUT2D eigenvalue weighted by atomic mass is 10.2. The summed E-state index contributed by atoms with van der Waals surface area (Å²) in [6, 6.07) is 9.12. The van der Waals surface area contributed by atoms with E-state index >= 15 is 0 Å². The molecular formula is C18H20F2N4O. The van der Waals surface area contributed by atoms with Crippen LogP contribution in [-0.2, 0) is 4.79 Å². The van der Waals surface area contributed by atoms with Crippen LogP contribution in [0.2, 0.25) is 0 Å². The van der Waals surface area contributed by atoms with Gasteiger partial charge in [-0.2, -0.15) is 0 Å². The smallest absolute Gasteiger partial charge is 0.224 e. The summed E-state index contributed by atoms with van der Waals surface area (Å²) in [6.45, 7) is 3.06. The monoisotopic (exact) mass is 346 g/mol. The number of amides is 1. The van der Waals surface area contributed by atoms with Gasteiger partial charge in [-0.15, -0.1) is 0 Å². The summed E-state index contributed by atoms with van der Waals surface area (Å²) in [5.41, 5.74) is 0.203. The van der Waals surface area contributed by atoms with Crippen molar-refractivity contribution in [1.29, 1.82) is 0 Å². The minimum Gasteiger partial charge on any atom is -0.382 e. The molecule has 5 nitrogen and oxygen atoms in total. The Hall–Kier alpha value is -2.70. The molecule has 0 atom stereocenters. The van der Waals surface area contributed by atoms with Gasteiger partial charge in [0.1, 0.15) is 17.5 Å². The molecule has 1 saturated heterocycles. The number of halogens is 2. The molecule has 7 heteroatoms. The van der Waals surface area contributed by atoms with E-state index in [0.29, 0.717) is 19.6 Å². The maximum absolute atomic E-state index is 13.5. The lowest BCUT2D eigenvalue weighted by Crippen LogP contribution is -2.49. The maximum atomic E-state index is 13.5. The summed E-state index contributed by atoms with van der Waals surface area (Å²) < 4.78 is 26.4. The van der Waals surface area contributed by atoms with Crippen molar-refractivity contribution < 1.29 is 13.6 Å². The number of aromatic nitrogens is 1. The van der Waals surface area contributed by atoms with Crippen molar-refractivity contribution in [3.63, 3.8) is 0 Å². The second-order valence-corrected chi connectivity index (χ2v) is 5.86. The van der Waals surface area contributed by atoms with Gasteiger partial charge in [-0.25, -0.2) is 13.8 Å². The van der Waals surface area contributed by atoms with E-state index in [1.807, 2.05) is 23.1 Å². The van der Waals surface area contributed by atoms with Crippen LogP contribution in [0, 0.1) is 11.6 Å². The van der Waals surface area contributed by atoms with Crippen LogP contribution in [0.15, 0.2) is 42.6 Å². The molecule has 1 N–H and O–H groups in total. The van der Waals surface area contributed by atoms with Gasteiger partial charge in [0, 0.05) is 51.4 Å². The number of hydrogen-bond donors (Lipinski definition) is 1. The number of pyridine rings is 1. The van der Waals surface area contributed by atoms with E-state index in [4.69, 9.17) is 0 Å². The standard InChI is InChI=1S/C18H20F2N4O/c19-14-4-5-16(15(20)13-14)21-8-6-18(25)24-11-9-23(10-12-24)17-3-1-2-7-22-17/h1-5,7,13,21H,6,8-12H2. The van der Waals surface area contributed by atoms with E-state index in [9.17, 15) is 13.6 Å². The highest BCUT2D eigenvalue weighted by Gasteiger charge is 2.21. The van der Waals surface area contributed by atoms with Gasteiger partial charge in [0.15, 0.2) is 0 Å². The predicted octanol–water partition coefficient (Wildman–Crippen LogP) is 2.51. The first-order valence-corrected chi connectivity index (χ1v) is 8.26. The largest absolute Gasteiger partial charge is 0.382 e. The third kappa shape index (κ3) is 4.43. The Morgan fingerprint density at radius 3 is 2.60 bits per heavy atom. The number of hydrogen-bond acceptors (Lipinski definition) is 4. The molecule has 2 aromatic rings. The lowest BCUT2D eigenvalue weighted by Gasteiger charge is -2.35. The van der Waals surface area contributed by atoms with E-state index in [2.05, 4.69) is 15.2 Å². The van der Waals surface area contributed by atoms with Crippen molar-refractivity contribution in [2.45, 2.75) is 6.42 Å². The molecule has 0 spiro atoms. The molecule has 0 aliphatic carbocycles. The molecular weight excluding hydrogens is 326 g/mol. The molecule has 3 rings (SSSR count). The Morgan fingerprint density at radius 2 is 1.92 bits per heavy atom. The second-order valence-electron chi connectivity index (χ2n) is 5.86. The highest BCUT2D eigenvalue weighted by atomic mass is 19.1. The van der Waals surface area contributed by atoms with Crippen molar-refractivity contribution in [2.24, 2.45) is 0 Å². The highest BCUT2D eigenvalue weighted by molar-refractivity contribution is 5.77. The number of piperazine rings is 1. The summed E-state index contributed by atoms with van der Waals surface area (Å²) in [4.78, 5) is 20.5. The molecule has 1 aromatic heterocycles. The van der Waals surface area contributed by atoms with E-state index in [-0.39, 0.29) is 18.0 Å². The molecule has 1 fully saturated rings. The van der Waals surface area contributed by atoms with Gasteiger partial charge in [0.25, 0.3) is 0 Å². The predicted molar refractivity (Wildman–Crippen MR) is 92.5 cm³/mol. The van der Waals surface area contributed by atoms with Crippen LogP contribution >= 0.6 is 0 Å². The first kappa shape index (κ1) is 17.1. The van der Waals surface area contributed by atoms with E-state index in [1.54, 1.807) is 6.20 Å². The first-order valence-electron chi connectivity index (χ1n) is 8.26. The summed E-state index contributed by atoms with van der Waals surface area (Å²) in [5, 5.41) is 2.84. The average Bonchev–Trinajstić information content (AvgIpc) is 2.64. The Morgan fingerprint density at radius 1 is 1.12 bits per heavy atom. The van der Waals surface area contributed by atoms with Crippen LogP contribution in [0.5, 0.6) is 0 Å². The Labute approximate surface area is 145 Å². The second kappa shape index (κ2) is 7.92. The molecule has 0 saturated carbocycles. The van der Waals surface area contributed by atoms with Crippen LogP contribution in [0.25, 0.3) is 0 Å². The van der Waals surface area contributed by atoms with E-state index in [1.165, 1.54) is 12.1 Å². The summed E-state index contributed by atoms with van der Waals surface area (Å²) >= 11 is 0. The number of nitrogens with zero attached hydrogens (tertiary/aromatic N) is 3. The maximum Gasteiger partial charge on any atom is 0.224 e. The van der Waals surface area contributed by atoms with Crippen molar-refractivity contribution >= 4 is 17.4 Å². The number of carbonyl (C=O) groups excluding carboxylic acids is 1. The molecule has 1 amide bonds. The Kier molecular flexibility index (Phi) is 5.42. The molecule has 0 radical (unpaired) electrons. The zero-order valence-electron chi connectivity index (χ0n) is 13.8. The summed E-state index contributed by atoms with van der Waals surface area (Å²) in [6.07, 6.45) is 2.02. The van der Waals surface area contributed by atoms with Gasteiger partial charge in [0.05, 0.1) is 5.69 Å². The van der Waals surface area contributed by atoms with Gasteiger partial charge < -0.3 is 15.1 Å². The summed E-state index contributed by atoms with van der Waals surface area (Å²) in [7, 11) is 0. The van der Waals surface area contributed by atoms with Gasteiger partial charge in [-0.3, -0.25) is 4.79 Å². The number of rotatable bonds is 5. The highest BCUT2D eigenvalue weighted by Crippen LogP contribution is 2.15. The van der Waals surface area contributed by atoms with E-state index in [0.717, 1.165) is 25.0 Å². The fourth-order valence-electron chi connectivity index (χ4n) is 2.82. The quantitative estimate of drug-likeness (QED) is 0.904. The Balaban J connectivity index is 1.43. The number of anilines is 2. The minimum atomic E-state index is -0.656. The van der Waals surface area contributed by atoms with Crippen molar-refractivity contribution in [2.75, 3.05) is 42.9 Å². The van der Waals surface area contributed by atoms with Crippen molar-refractivity contribution in [3.8, 4) is 0 Å². The van der Waals surface area contributed by atoms with Crippen LogP contribution in [0.3, 0.4) is 0 Å². The fourth-order valence-corrected chi connectivity index (χ4v) is 2.82. The molecule has 1 aliphatic heterocycles. The van der Waals surface area contributed by atoms with Crippen LogP contribution in [0.1, 0.15) is 6.42 Å². The number of carbonyl (C=O) groups is 1. The molecule has 1 aromatic carbocycles. The summed E-state index contributed by atoms with van der Waals surface area (Å²) in [5.74, 6) is -0.333. The van der Waals surface area contributed by atoms with Gasteiger partial charge in [-0.1, -0.05) is 6.07 Å². The van der Waals surface area contributed by atoms with E-state index < -0.39 is 11.6 Å². The number of nitrogens with one attached hydrogen (secondary N) is 1.